The minimum Gasteiger partial charge on any atom is -0.497 e. The summed E-state index contributed by atoms with van der Waals surface area (Å²) in [5.41, 5.74) is 0.986. The van der Waals surface area contributed by atoms with Crippen LogP contribution in [0.1, 0.15) is 24.8 Å². The van der Waals surface area contributed by atoms with Crippen LogP contribution < -0.4 is 4.74 Å². The van der Waals surface area contributed by atoms with Crippen molar-refractivity contribution in [3.8, 4) is 5.75 Å². The molecule has 96 valence electrons. The van der Waals surface area contributed by atoms with E-state index in [1.807, 2.05) is 35.2 Å². The Hall–Kier alpha value is -1.77. The van der Waals surface area contributed by atoms with Crippen LogP contribution in [0, 0.1) is 0 Å². The largest absolute Gasteiger partial charge is 0.497 e. The summed E-state index contributed by atoms with van der Waals surface area (Å²) in [7, 11) is 1.64. The SMILES string of the molecule is COc1cccc(/C=C/C(=O)N2CCCCC2)c1. The lowest BCUT2D eigenvalue weighted by Crippen LogP contribution is -2.34. The average molecular weight is 245 g/mol. The fourth-order valence-electron chi connectivity index (χ4n) is 2.13. The van der Waals surface area contributed by atoms with Gasteiger partial charge >= 0.3 is 0 Å². The normalized spacial score (nSPS) is 15.9. The van der Waals surface area contributed by atoms with Crippen LogP contribution in [0.15, 0.2) is 30.3 Å². The Morgan fingerprint density at radius 2 is 2.06 bits per heavy atom. The summed E-state index contributed by atoms with van der Waals surface area (Å²) in [5.74, 6) is 0.917. The molecule has 0 atom stereocenters. The zero-order chi connectivity index (χ0) is 12.8. The highest BCUT2D eigenvalue weighted by Gasteiger charge is 2.13. The monoisotopic (exact) mass is 245 g/mol. The lowest BCUT2D eigenvalue weighted by molar-refractivity contribution is -0.126. The number of carbonyl (C=O) groups excluding carboxylic acids is 1. The van der Waals surface area contributed by atoms with Gasteiger partial charge in [0, 0.05) is 19.2 Å². The molecule has 0 spiro atoms. The van der Waals surface area contributed by atoms with Gasteiger partial charge in [-0.3, -0.25) is 4.79 Å². The maximum atomic E-state index is 11.9. The Kier molecular flexibility index (Phi) is 4.40. The quantitative estimate of drug-likeness (QED) is 0.766. The van der Waals surface area contributed by atoms with Gasteiger partial charge in [0.05, 0.1) is 7.11 Å². The summed E-state index contributed by atoms with van der Waals surface area (Å²) in [5, 5.41) is 0. The average Bonchev–Trinajstić information content (AvgIpc) is 2.46. The van der Waals surface area contributed by atoms with Gasteiger partial charge in [-0.25, -0.2) is 0 Å². The molecule has 0 unspecified atom stereocenters. The molecule has 1 saturated heterocycles. The molecule has 3 heteroatoms. The molecule has 0 saturated carbocycles. The molecule has 3 nitrogen and oxygen atoms in total. The lowest BCUT2D eigenvalue weighted by Gasteiger charge is -2.25. The Morgan fingerprint density at radius 1 is 1.28 bits per heavy atom. The number of ether oxygens (including phenoxy) is 1. The van der Waals surface area contributed by atoms with Gasteiger partial charge in [-0.2, -0.15) is 0 Å². The minimum absolute atomic E-state index is 0.109. The van der Waals surface area contributed by atoms with Crippen molar-refractivity contribution >= 4 is 12.0 Å². The molecule has 1 heterocycles. The summed E-state index contributed by atoms with van der Waals surface area (Å²) in [6.07, 6.45) is 6.99. The van der Waals surface area contributed by atoms with E-state index in [1.165, 1.54) is 6.42 Å². The van der Waals surface area contributed by atoms with E-state index in [2.05, 4.69) is 0 Å². The maximum absolute atomic E-state index is 11.9. The number of nitrogens with zero attached hydrogens (tertiary/aromatic N) is 1. The van der Waals surface area contributed by atoms with E-state index in [1.54, 1.807) is 13.2 Å². The predicted octanol–water partition coefficient (Wildman–Crippen LogP) is 2.72. The van der Waals surface area contributed by atoms with Crippen molar-refractivity contribution in [2.24, 2.45) is 0 Å². The van der Waals surface area contributed by atoms with Crippen LogP contribution in [0.2, 0.25) is 0 Å². The molecule has 0 aliphatic carbocycles. The summed E-state index contributed by atoms with van der Waals surface area (Å²) in [6, 6.07) is 7.69. The third-order valence-electron chi connectivity index (χ3n) is 3.18. The van der Waals surface area contributed by atoms with Crippen molar-refractivity contribution in [2.45, 2.75) is 19.3 Å². The first-order valence-corrected chi connectivity index (χ1v) is 6.40. The summed E-state index contributed by atoms with van der Waals surface area (Å²) in [4.78, 5) is 13.9. The lowest BCUT2D eigenvalue weighted by atomic mass is 10.1. The molecule has 1 fully saturated rings. The molecule has 1 aromatic carbocycles. The van der Waals surface area contributed by atoms with Crippen LogP contribution in [0.4, 0.5) is 0 Å². The van der Waals surface area contributed by atoms with Crippen LogP contribution in [-0.4, -0.2) is 31.0 Å². The van der Waals surface area contributed by atoms with Gasteiger partial charge in [-0.15, -0.1) is 0 Å². The minimum atomic E-state index is 0.109. The molecule has 0 N–H and O–H groups in total. The van der Waals surface area contributed by atoms with Crippen LogP contribution >= 0.6 is 0 Å². The van der Waals surface area contributed by atoms with Crippen molar-refractivity contribution in [1.29, 1.82) is 0 Å². The van der Waals surface area contributed by atoms with Gasteiger partial charge in [-0.05, 0) is 43.0 Å². The van der Waals surface area contributed by atoms with Gasteiger partial charge in [0.25, 0.3) is 0 Å². The molecular weight excluding hydrogens is 226 g/mol. The van der Waals surface area contributed by atoms with Crippen LogP contribution in [0.5, 0.6) is 5.75 Å². The fraction of sp³-hybridized carbons (Fsp3) is 0.400. The second-order valence-corrected chi connectivity index (χ2v) is 4.50. The maximum Gasteiger partial charge on any atom is 0.246 e. The van der Waals surface area contributed by atoms with E-state index in [9.17, 15) is 4.79 Å². The second-order valence-electron chi connectivity index (χ2n) is 4.50. The van der Waals surface area contributed by atoms with Gasteiger partial charge < -0.3 is 9.64 Å². The molecule has 1 aromatic rings. The van der Waals surface area contributed by atoms with E-state index < -0.39 is 0 Å². The number of piperidine rings is 1. The first-order chi connectivity index (χ1) is 8.79. The van der Waals surface area contributed by atoms with Gasteiger partial charge in [0.2, 0.25) is 5.91 Å². The van der Waals surface area contributed by atoms with Crippen LogP contribution in [0.3, 0.4) is 0 Å². The molecule has 1 aliphatic heterocycles. The number of hydrogen-bond acceptors (Lipinski definition) is 2. The zero-order valence-electron chi connectivity index (χ0n) is 10.8. The first-order valence-electron chi connectivity index (χ1n) is 6.40. The molecular formula is C15H19NO2. The van der Waals surface area contributed by atoms with Crippen molar-refractivity contribution in [2.75, 3.05) is 20.2 Å². The number of rotatable bonds is 3. The number of benzene rings is 1. The number of amides is 1. The second kappa shape index (κ2) is 6.24. The highest BCUT2D eigenvalue weighted by Crippen LogP contribution is 2.14. The van der Waals surface area contributed by atoms with E-state index in [4.69, 9.17) is 4.74 Å². The molecule has 1 amide bonds. The standard InChI is InChI=1S/C15H19NO2/c1-18-14-7-5-6-13(12-14)8-9-15(17)16-10-3-2-4-11-16/h5-9,12H,2-4,10-11H2,1H3/b9-8+. The van der Waals surface area contributed by atoms with E-state index in [0.717, 1.165) is 37.2 Å². The van der Waals surface area contributed by atoms with E-state index >= 15 is 0 Å². The summed E-state index contributed by atoms with van der Waals surface area (Å²) >= 11 is 0. The Morgan fingerprint density at radius 3 is 2.78 bits per heavy atom. The fourth-order valence-corrected chi connectivity index (χ4v) is 2.13. The Balaban J connectivity index is 1.98. The van der Waals surface area contributed by atoms with Crippen LogP contribution in [0.25, 0.3) is 6.08 Å². The Bertz CT molecular complexity index is 434. The molecule has 0 aromatic heterocycles. The predicted molar refractivity (Wildman–Crippen MR) is 72.5 cm³/mol. The first kappa shape index (κ1) is 12.7. The van der Waals surface area contributed by atoms with Gasteiger partial charge in [0.15, 0.2) is 0 Å². The van der Waals surface area contributed by atoms with Crippen molar-refractivity contribution in [3.63, 3.8) is 0 Å². The number of hydrogen-bond donors (Lipinski definition) is 0. The van der Waals surface area contributed by atoms with Crippen LogP contribution in [-0.2, 0) is 4.79 Å². The van der Waals surface area contributed by atoms with Crippen molar-refractivity contribution in [3.05, 3.63) is 35.9 Å². The number of likely N-dealkylation sites (tertiary alicyclic amines) is 1. The molecule has 2 rings (SSSR count). The molecule has 18 heavy (non-hydrogen) atoms. The highest BCUT2D eigenvalue weighted by atomic mass is 16.5. The molecule has 0 bridgehead atoms. The van der Waals surface area contributed by atoms with E-state index in [-0.39, 0.29) is 5.91 Å². The molecule has 1 aliphatic rings. The third kappa shape index (κ3) is 3.36. The summed E-state index contributed by atoms with van der Waals surface area (Å²) in [6.45, 7) is 1.78. The smallest absolute Gasteiger partial charge is 0.246 e. The zero-order valence-corrected chi connectivity index (χ0v) is 10.8. The highest BCUT2D eigenvalue weighted by molar-refractivity contribution is 5.91. The van der Waals surface area contributed by atoms with Crippen molar-refractivity contribution < 1.29 is 9.53 Å². The van der Waals surface area contributed by atoms with Crippen molar-refractivity contribution in [1.82, 2.24) is 4.90 Å². The third-order valence-corrected chi connectivity index (χ3v) is 3.18. The van der Waals surface area contributed by atoms with Gasteiger partial charge in [-0.1, -0.05) is 12.1 Å². The van der Waals surface area contributed by atoms with Gasteiger partial charge in [0.1, 0.15) is 5.75 Å². The summed E-state index contributed by atoms with van der Waals surface area (Å²) < 4.78 is 5.15. The number of methoxy groups -OCH3 is 1. The molecule has 0 radical (unpaired) electrons. The number of carbonyl (C=O) groups is 1. The van der Waals surface area contributed by atoms with E-state index in [0.29, 0.717) is 0 Å². The topological polar surface area (TPSA) is 29.5 Å². The Labute approximate surface area is 108 Å².